The molecule has 6 nitrogen and oxygen atoms in total. The van der Waals surface area contributed by atoms with Crippen LogP contribution in [0.15, 0.2) is 54.6 Å². The number of amides is 1. The second-order valence-electron chi connectivity index (χ2n) is 5.65. The van der Waals surface area contributed by atoms with E-state index < -0.39 is 6.09 Å². The first-order chi connectivity index (χ1) is 12.2. The average molecular weight is 344 g/mol. The number of hydrogen-bond donors (Lipinski definition) is 2. The van der Waals surface area contributed by atoms with Crippen molar-refractivity contribution in [2.45, 2.75) is 19.4 Å². The van der Waals surface area contributed by atoms with Gasteiger partial charge in [0.05, 0.1) is 19.8 Å². The lowest BCUT2D eigenvalue weighted by molar-refractivity contribution is 0.0621. The second kappa shape index (κ2) is 9.76. The number of benzene rings is 1. The van der Waals surface area contributed by atoms with E-state index in [9.17, 15) is 14.7 Å². The van der Waals surface area contributed by atoms with Gasteiger partial charge in [0.25, 0.3) is 0 Å². The summed E-state index contributed by atoms with van der Waals surface area (Å²) in [6, 6.07) is 8.73. The zero-order valence-electron chi connectivity index (χ0n) is 14.3. The summed E-state index contributed by atoms with van der Waals surface area (Å²) in [4.78, 5) is 24.6. The molecule has 2 rings (SSSR count). The van der Waals surface area contributed by atoms with Crippen molar-refractivity contribution < 1.29 is 19.4 Å². The maximum atomic E-state index is 12.6. The molecule has 2 N–H and O–H groups in total. The molecule has 0 saturated heterocycles. The number of nitrogens with zero attached hydrogens (tertiary/aromatic N) is 1. The predicted octanol–water partition coefficient (Wildman–Crippen LogP) is 2.33. The van der Waals surface area contributed by atoms with E-state index in [1.54, 1.807) is 19.1 Å². The molecule has 0 fully saturated rings. The van der Waals surface area contributed by atoms with Crippen LogP contribution in [0.1, 0.15) is 23.7 Å². The number of nitrogens with one attached hydrogen (secondary N) is 1. The Kier molecular flexibility index (Phi) is 7.37. The number of carbonyl (C=O) groups is 2. The molecule has 25 heavy (non-hydrogen) atoms. The van der Waals surface area contributed by atoms with Crippen LogP contribution in [0.4, 0.5) is 4.79 Å². The predicted molar refractivity (Wildman–Crippen MR) is 94.9 cm³/mol. The normalized spacial score (nSPS) is 14.5. The Morgan fingerprint density at radius 2 is 1.92 bits per heavy atom. The van der Waals surface area contributed by atoms with Gasteiger partial charge in [0.2, 0.25) is 0 Å². The smallest absolute Gasteiger partial charge is 0.424 e. The van der Waals surface area contributed by atoms with Crippen molar-refractivity contribution in [2.24, 2.45) is 5.92 Å². The molecule has 1 aliphatic carbocycles. The van der Waals surface area contributed by atoms with Gasteiger partial charge in [-0.25, -0.2) is 15.2 Å². The highest BCUT2D eigenvalue weighted by Crippen LogP contribution is 2.19. The zero-order chi connectivity index (χ0) is 18.1. The van der Waals surface area contributed by atoms with E-state index >= 15 is 0 Å². The Hall–Kier alpha value is -2.44. The molecule has 0 spiro atoms. The standard InChI is InChI=1S/C19H24N2O4/c1-2-25-19(24)21(12-13-22)20-17(15-8-6-7-9-15)14-18(23)16-10-4-3-5-11-16/h3-11,15,17,20,22H,2,12-14H2,1H3. The highest BCUT2D eigenvalue weighted by molar-refractivity contribution is 5.96. The van der Waals surface area contributed by atoms with E-state index in [4.69, 9.17) is 4.74 Å². The Bertz CT molecular complexity index is 616. The maximum absolute atomic E-state index is 12.6. The summed E-state index contributed by atoms with van der Waals surface area (Å²) < 4.78 is 5.00. The number of aliphatic hydroxyl groups excluding tert-OH is 1. The van der Waals surface area contributed by atoms with Crippen LogP contribution in [0.3, 0.4) is 0 Å². The Balaban J connectivity index is 2.12. The van der Waals surface area contributed by atoms with Gasteiger partial charge in [-0.3, -0.25) is 4.79 Å². The van der Waals surface area contributed by atoms with Crippen molar-refractivity contribution in [3.05, 3.63) is 60.2 Å². The number of ketones is 1. The van der Waals surface area contributed by atoms with Crippen molar-refractivity contribution in [3.8, 4) is 0 Å². The van der Waals surface area contributed by atoms with E-state index in [0.29, 0.717) is 5.56 Å². The minimum absolute atomic E-state index is 0.0143. The van der Waals surface area contributed by atoms with Crippen LogP contribution < -0.4 is 5.43 Å². The summed E-state index contributed by atoms with van der Waals surface area (Å²) in [5.41, 5.74) is 3.69. The van der Waals surface area contributed by atoms with Crippen LogP contribution in [0, 0.1) is 5.92 Å². The van der Waals surface area contributed by atoms with E-state index in [2.05, 4.69) is 5.43 Å². The van der Waals surface area contributed by atoms with Crippen LogP contribution in [-0.4, -0.2) is 47.8 Å². The molecule has 1 amide bonds. The number of ether oxygens (including phenoxy) is 1. The number of aliphatic hydroxyl groups is 1. The topological polar surface area (TPSA) is 78.9 Å². The van der Waals surface area contributed by atoms with Crippen molar-refractivity contribution in [1.29, 1.82) is 0 Å². The van der Waals surface area contributed by atoms with Gasteiger partial charge in [-0.15, -0.1) is 0 Å². The second-order valence-corrected chi connectivity index (χ2v) is 5.65. The maximum Gasteiger partial charge on any atom is 0.424 e. The fraction of sp³-hybridized carbons (Fsp3) is 0.368. The van der Waals surface area contributed by atoms with Crippen molar-refractivity contribution in [2.75, 3.05) is 19.8 Å². The van der Waals surface area contributed by atoms with Crippen LogP contribution in [0.5, 0.6) is 0 Å². The number of allylic oxidation sites excluding steroid dienone is 2. The van der Waals surface area contributed by atoms with Crippen molar-refractivity contribution >= 4 is 11.9 Å². The molecule has 1 atom stereocenters. The lowest BCUT2D eigenvalue weighted by atomic mass is 9.94. The lowest BCUT2D eigenvalue weighted by Gasteiger charge is -2.30. The molecule has 1 aromatic carbocycles. The van der Waals surface area contributed by atoms with Gasteiger partial charge < -0.3 is 9.84 Å². The average Bonchev–Trinajstić information content (AvgIpc) is 3.16. The van der Waals surface area contributed by atoms with Gasteiger partial charge in [-0.1, -0.05) is 54.6 Å². The third-order valence-corrected chi connectivity index (χ3v) is 3.88. The Morgan fingerprint density at radius 1 is 1.24 bits per heavy atom. The molecule has 0 heterocycles. The SMILES string of the molecule is CCOC(=O)N(CCO)NC(CC(=O)c1ccccc1)C1C=CC=C1. The van der Waals surface area contributed by atoms with Crippen molar-refractivity contribution in [3.63, 3.8) is 0 Å². The number of hydrogen-bond acceptors (Lipinski definition) is 5. The molecule has 0 saturated carbocycles. The lowest BCUT2D eigenvalue weighted by Crippen LogP contribution is -2.52. The minimum Gasteiger partial charge on any atom is -0.449 e. The summed E-state index contributed by atoms with van der Waals surface area (Å²) in [5, 5.41) is 10.4. The number of Topliss-reactive ketones (excluding diaryl/α,β-unsaturated/α-hetero) is 1. The summed E-state index contributed by atoms with van der Waals surface area (Å²) in [6.45, 7) is 1.82. The number of rotatable bonds is 9. The van der Waals surface area contributed by atoms with Crippen LogP contribution in [0.2, 0.25) is 0 Å². The molecule has 0 aromatic heterocycles. The van der Waals surface area contributed by atoms with Gasteiger partial charge in [0.1, 0.15) is 0 Å². The zero-order valence-corrected chi connectivity index (χ0v) is 14.3. The first-order valence-corrected chi connectivity index (χ1v) is 8.40. The fourth-order valence-electron chi connectivity index (χ4n) is 2.64. The van der Waals surface area contributed by atoms with Crippen LogP contribution >= 0.6 is 0 Å². The Morgan fingerprint density at radius 3 is 2.52 bits per heavy atom. The molecule has 0 radical (unpaired) electrons. The third kappa shape index (κ3) is 5.55. The summed E-state index contributed by atoms with van der Waals surface area (Å²) in [5.74, 6) is -0.0390. The molecule has 6 heteroatoms. The van der Waals surface area contributed by atoms with E-state index in [-0.39, 0.29) is 43.9 Å². The summed E-state index contributed by atoms with van der Waals surface area (Å²) in [6.07, 6.45) is 7.40. The van der Waals surface area contributed by atoms with Crippen LogP contribution in [0.25, 0.3) is 0 Å². The molecule has 1 unspecified atom stereocenters. The van der Waals surface area contributed by atoms with E-state index in [1.807, 2.05) is 42.5 Å². The van der Waals surface area contributed by atoms with Gasteiger partial charge >= 0.3 is 6.09 Å². The van der Waals surface area contributed by atoms with Crippen molar-refractivity contribution in [1.82, 2.24) is 10.4 Å². The molecular formula is C19H24N2O4. The quantitative estimate of drug-likeness (QED) is 0.531. The number of carbonyl (C=O) groups excluding carboxylic acids is 2. The van der Waals surface area contributed by atoms with E-state index in [0.717, 1.165) is 0 Å². The minimum atomic E-state index is -0.570. The largest absolute Gasteiger partial charge is 0.449 e. The molecule has 134 valence electrons. The molecule has 0 aliphatic heterocycles. The number of hydrazine groups is 1. The van der Waals surface area contributed by atoms with Gasteiger partial charge in [-0.05, 0) is 6.92 Å². The van der Waals surface area contributed by atoms with Gasteiger partial charge in [-0.2, -0.15) is 0 Å². The third-order valence-electron chi connectivity index (χ3n) is 3.88. The monoisotopic (exact) mass is 344 g/mol. The molecule has 1 aliphatic rings. The molecule has 0 bridgehead atoms. The van der Waals surface area contributed by atoms with Gasteiger partial charge in [0, 0.05) is 23.9 Å². The Labute approximate surface area is 147 Å². The first kappa shape index (κ1) is 18.9. The molecule has 1 aromatic rings. The van der Waals surface area contributed by atoms with Gasteiger partial charge in [0.15, 0.2) is 5.78 Å². The summed E-state index contributed by atoms with van der Waals surface area (Å²) >= 11 is 0. The highest BCUT2D eigenvalue weighted by Gasteiger charge is 2.26. The first-order valence-electron chi connectivity index (χ1n) is 8.40. The molecular weight excluding hydrogens is 320 g/mol. The van der Waals surface area contributed by atoms with Crippen LogP contribution in [-0.2, 0) is 4.74 Å². The highest BCUT2D eigenvalue weighted by atomic mass is 16.6. The summed E-state index contributed by atoms with van der Waals surface area (Å²) in [7, 11) is 0. The van der Waals surface area contributed by atoms with E-state index in [1.165, 1.54) is 5.01 Å². The fourth-order valence-corrected chi connectivity index (χ4v) is 2.64.